The second-order valence-electron chi connectivity index (χ2n) is 8.76. The molecule has 0 bridgehead atoms. The van der Waals surface area contributed by atoms with Crippen LogP contribution in [0.5, 0.6) is 0 Å². The summed E-state index contributed by atoms with van der Waals surface area (Å²) in [4.78, 5) is 29.7. The second-order valence-corrected chi connectivity index (χ2v) is 9.68. The molecule has 0 saturated carbocycles. The first-order valence-electron chi connectivity index (χ1n) is 11.3. The molecule has 0 atom stereocenters. The summed E-state index contributed by atoms with van der Waals surface area (Å²) in [7, 11) is 1.72. The Balaban J connectivity index is 1.21. The molecule has 8 nitrogen and oxygen atoms in total. The summed E-state index contributed by atoms with van der Waals surface area (Å²) in [6, 6.07) is 8.47. The minimum absolute atomic E-state index is 0.0540. The predicted octanol–water partition coefficient (Wildman–Crippen LogP) is 2.93. The van der Waals surface area contributed by atoms with E-state index in [0.717, 1.165) is 37.5 Å². The number of rotatable bonds is 5. The number of aryl methyl sites for hydroxylation is 4. The number of hydrogen-bond donors (Lipinski definition) is 0. The molecule has 4 aromatic rings. The molecule has 1 fully saturated rings. The zero-order chi connectivity index (χ0) is 23.1. The van der Waals surface area contributed by atoms with E-state index in [1.807, 2.05) is 20.7 Å². The quantitative estimate of drug-likeness (QED) is 0.454. The number of hydrogen-bond acceptors (Lipinski definition) is 6. The molecule has 172 valence electrons. The molecule has 1 aliphatic rings. The van der Waals surface area contributed by atoms with Gasteiger partial charge in [0.2, 0.25) is 11.7 Å². The van der Waals surface area contributed by atoms with E-state index in [1.54, 1.807) is 7.05 Å². The Morgan fingerprint density at radius 2 is 1.88 bits per heavy atom. The minimum atomic E-state index is -0.0540. The third-order valence-electron chi connectivity index (χ3n) is 6.53. The maximum absolute atomic E-state index is 12.8. The van der Waals surface area contributed by atoms with E-state index in [0.29, 0.717) is 29.7 Å². The monoisotopic (exact) mass is 464 g/mol. The smallest absolute Gasteiger partial charge is 0.272 e. The van der Waals surface area contributed by atoms with Gasteiger partial charge in [-0.05, 0) is 48.9 Å². The third-order valence-corrected chi connectivity index (χ3v) is 7.42. The number of fused-ring (bicyclic) bond motifs is 3. The van der Waals surface area contributed by atoms with Crippen molar-refractivity contribution in [3.05, 3.63) is 57.0 Å². The van der Waals surface area contributed by atoms with E-state index in [-0.39, 0.29) is 11.5 Å². The molecule has 0 aliphatic carbocycles. The van der Waals surface area contributed by atoms with Crippen LogP contribution >= 0.6 is 11.3 Å². The Morgan fingerprint density at radius 1 is 1.09 bits per heavy atom. The number of thiophene rings is 1. The number of benzene rings is 1. The Kier molecular flexibility index (Phi) is 5.65. The van der Waals surface area contributed by atoms with Gasteiger partial charge in [-0.1, -0.05) is 12.1 Å². The summed E-state index contributed by atoms with van der Waals surface area (Å²) in [5.41, 5.74) is 4.59. The summed E-state index contributed by atoms with van der Waals surface area (Å²) in [6.45, 7) is 7.46. The first kappa shape index (κ1) is 21.6. The molecule has 0 unspecified atom stereocenters. The molecule has 3 aromatic heterocycles. The van der Waals surface area contributed by atoms with Crippen LogP contribution in [-0.2, 0) is 18.3 Å². The summed E-state index contributed by atoms with van der Waals surface area (Å²) < 4.78 is 4.18. The molecular formula is C24H28N6O2S. The fraction of sp³-hybridized carbons (Fsp3) is 0.417. The normalized spacial score (nSPS) is 14.5. The van der Waals surface area contributed by atoms with Gasteiger partial charge < -0.3 is 9.80 Å². The van der Waals surface area contributed by atoms with Crippen LogP contribution in [0.15, 0.2) is 34.4 Å². The number of amides is 1. The molecular weight excluding hydrogens is 436 g/mol. The molecule has 33 heavy (non-hydrogen) atoms. The highest BCUT2D eigenvalue weighted by Crippen LogP contribution is 2.23. The van der Waals surface area contributed by atoms with Gasteiger partial charge >= 0.3 is 0 Å². The topological polar surface area (TPSA) is 75.7 Å². The number of anilines is 1. The Labute approximate surface area is 196 Å². The number of carbonyl (C=O) groups excluding carboxylic acids is 1. The molecule has 4 heterocycles. The molecule has 1 aliphatic heterocycles. The fourth-order valence-corrected chi connectivity index (χ4v) is 5.48. The van der Waals surface area contributed by atoms with Crippen molar-refractivity contribution in [1.82, 2.24) is 24.1 Å². The summed E-state index contributed by atoms with van der Waals surface area (Å²) >= 11 is 1.43. The van der Waals surface area contributed by atoms with Crippen molar-refractivity contribution < 1.29 is 4.79 Å². The Morgan fingerprint density at radius 3 is 2.67 bits per heavy atom. The molecule has 0 radical (unpaired) electrons. The van der Waals surface area contributed by atoms with Gasteiger partial charge in [0.05, 0.1) is 5.52 Å². The zero-order valence-electron chi connectivity index (χ0n) is 19.2. The van der Waals surface area contributed by atoms with E-state index >= 15 is 0 Å². The average Bonchev–Trinajstić information content (AvgIpc) is 3.46. The second kappa shape index (κ2) is 8.62. The van der Waals surface area contributed by atoms with Gasteiger partial charge in [-0.25, -0.2) is 0 Å². The summed E-state index contributed by atoms with van der Waals surface area (Å²) in [5, 5.41) is 10.5. The lowest BCUT2D eigenvalue weighted by molar-refractivity contribution is -0.131. The molecule has 1 aromatic carbocycles. The van der Waals surface area contributed by atoms with Crippen molar-refractivity contribution in [3.63, 3.8) is 0 Å². The van der Waals surface area contributed by atoms with E-state index in [4.69, 9.17) is 0 Å². The van der Waals surface area contributed by atoms with Crippen LogP contribution in [0.25, 0.3) is 16.0 Å². The Bertz CT molecular complexity index is 1390. The van der Waals surface area contributed by atoms with Crippen molar-refractivity contribution in [2.24, 2.45) is 7.05 Å². The van der Waals surface area contributed by atoms with Crippen LogP contribution in [-0.4, -0.2) is 56.2 Å². The number of aromatic nitrogens is 4. The highest BCUT2D eigenvalue weighted by molar-refractivity contribution is 7.17. The van der Waals surface area contributed by atoms with Crippen LogP contribution < -0.4 is 10.5 Å². The minimum Gasteiger partial charge on any atom is -0.368 e. The van der Waals surface area contributed by atoms with Crippen LogP contribution in [0.2, 0.25) is 0 Å². The van der Waals surface area contributed by atoms with Gasteiger partial charge in [0.1, 0.15) is 10.5 Å². The molecule has 5 rings (SSSR count). The fourth-order valence-electron chi connectivity index (χ4n) is 4.63. The van der Waals surface area contributed by atoms with Gasteiger partial charge in [-0.15, -0.1) is 21.5 Å². The van der Waals surface area contributed by atoms with E-state index in [9.17, 15) is 9.59 Å². The van der Waals surface area contributed by atoms with Crippen molar-refractivity contribution in [2.45, 2.75) is 33.1 Å². The molecule has 9 heteroatoms. The molecule has 0 spiro atoms. The Hall–Kier alpha value is -3.20. The van der Waals surface area contributed by atoms with E-state index in [2.05, 4.69) is 47.1 Å². The lowest BCUT2D eigenvalue weighted by Crippen LogP contribution is -2.49. The van der Waals surface area contributed by atoms with Crippen LogP contribution in [0.3, 0.4) is 0 Å². The maximum Gasteiger partial charge on any atom is 0.272 e. The van der Waals surface area contributed by atoms with Crippen LogP contribution in [0.4, 0.5) is 5.69 Å². The zero-order valence-corrected chi connectivity index (χ0v) is 20.1. The van der Waals surface area contributed by atoms with Gasteiger partial charge in [-0.2, -0.15) is 0 Å². The summed E-state index contributed by atoms with van der Waals surface area (Å²) in [6.07, 6.45) is 1.82. The largest absolute Gasteiger partial charge is 0.368 e. The lowest BCUT2D eigenvalue weighted by atomic mass is 10.1. The van der Waals surface area contributed by atoms with Crippen LogP contribution in [0.1, 0.15) is 29.8 Å². The number of carbonyl (C=O) groups is 1. The first-order valence-corrected chi connectivity index (χ1v) is 12.2. The van der Waals surface area contributed by atoms with Gasteiger partial charge in [-0.3, -0.25) is 18.6 Å². The average molecular weight is 465 g/mol. The summed E-state index contributed by atoms with van der Waals surface area (Å²) in [5.74, 6) is 1.52. The molecule has 1 saturated heterocycles. The first-order chi connectivity index (χ1) is 15.9. The predicted molar refractivity (Wildman–Crippen MR) is 131 cm³/mol. The SMILES string of the molecule is Cc1ccc(C)c(N2CCN(C(=O)CCCc3nnc4n(C)c(=O)c5sccc5n34)CC2)c1. The highest BCUT2D eigenvalue weighted by Gasteiger charge is 2.22. The third kappa shape index (κ3) is 3.90. The number of nitrogens with zero attached hydrogens (tertiary/aromatic N) is 6. The van der Waals surface area contributed by atoms with Crippen molar-refractivity contribution in [3.8, 4) is 0 Å². The standard InChI is InChI=1S/C24H28N6O2S/c1-16-7-8-17(2)19(15-16)28-10-12-29(13-11-28)21(31)6-4-5-20-25-26-24-27(3)23(32)22-18(30(20)24)9-14-33-22/h7-9,14-15H,4-6,10-13H2,1-3H3. The van der Waals surface area contributed by atoms with Crippen molar-refractivity contribution >= 4 is 38.9 Å². The van der Waals surface area contributed by atoms with Crippen molar-refractivity contribution in [1.29, 1.82) is 0 Å². The number of piperazine rings is 1. The van der Waals surface area contributed by atoms with Crippen LogP contribution in [0, 0.1) is 13.8 Å². The highest BCUT2D eigenvalue weighted by atomic mass is 32.1. The lowest BCUT2D eigenvalue weighted by Gasteiger charge is -2.37. The molecule has 0 N–H and O–H groups in total. The molecule has 1 amide bonds. The van der Waals surface area contributed by atoms with Gasteiger partial charge in [0.25, 0.3) is 5.56 Å². The van der Waals surface area contributed by atoms with E-state index < -0.39 is 0 Å². The van der Waals surface area contributed by atoms with E-state index in [1.165, 1.54) is 32.7 Å². The van der Waals surface area contributed by atoms with Gasteiger partial charge in [0, 0.05) is 51.8 Å². The van der Waals surface area contributed by atoms with Gasteiger partial charge in [0.15, 0.2) is 0 Å². The van der Waals surface area contributed by atoms with Crippen molar-refractivity contribution in [2.75, 3.05) is 31.1 Å². The maximum atomic E-state index is 12.8.